The average Bonchev–Trinajstić information content (AvgIpc) is 3.43. The van der Waals surface area contributed by atoms with E-state index in [2.05, 4.69) is 20.4 Å². The van der Waals surface area contributed by atoms with Gasteiger partial charge in [0.05, 0.1) is 11.3 Å². The molecule has 0 aliphatic heterocycles. The van der Waals surface area contributed by atoms with E-state index in [1.165, 1.54) is 17.0 Å². The Labute approximate surface area is 198 Å². The van der Waals surface area contributed by atoms with Gasteiger partial charge >= 0.3 is 0 Å². The van der Waals surface area contributed by atoms with Gasteiger partial charge < -0.3 is 14.5 Å². The number of hydrogen-bond donors (Lipinski definition) is 2. The minimum absolute atomic E-state index is 0.157. The molecular formula is C22H19Cl2N5O4. The SMILES string of the molecule is CCc1c(C)nc(-n2nc(-c3ccco3)cc2NC(=O)COc2ccc(Cl)cc2Cl)[nH]c1=O. The quantitative estimate of drug-likeness (QED) is 0.398. The van der Waals surface area contributed by atoms with Gasteiger partial charge in [-0.1, -0.05) is 30.1 Å². The summed E-state index contributed by atoms with van der Waals surface area (Å²) < 4.78 is 12.2. The van der Waals surface area contributed by atoms with Crippen LogP contribution in [0.2, 0.25) is 10.0 Å². The van der Waals surface area contributed by atoms with Crippen LogP contribution < -0.4 is 15.6 Å². The van der Waals surface area contributed by atoms with Crippen molar-refractivity contribution in [1.29, 1.82) is 0 Å². The molecule has 1 aromatic carbocycles. The van der Waals surface area contributed by atoms with Gasteiger partial charge in [0.2, 0.25) is 5.95 Å². The number of nitrogens with one attached hydrogen (secondary N) is 2. The lowest BCUT2D eigenvalue weighted by Gasteiger charge is -2.11. The van der Waals surface area contributed by atoms with Gasteiger partial charge in [-0.05, 0) is 43.7 Å². The number of aryl methyl sites for hydroxylation is 1. The molecule has 0 unspecified atom stereocenters. The van der Waals surface area contributed by atoms with E-state index in [0.717, 1.165) is 0 Å². The highest BCUT2D eigenvalue weighted by molar-refractivity contribution is 6.35. The molecule has 0 fully saturated rings. The lowest BCUT2D eigenvalue weighted by molar-refractivity contribution is -0.118. The van der Waals surface area contributed by atoms with E-state index >= 15 is 0 Å². The summed E-state index contributed by atoms with van der Waals surface area (Å²) in [6.45, 7) is 3.30. The zero-order valence-electron chi connectivity index (χ0n) is 17.7. The molecule has 4 rings (SSSR count). The number of H-pyrrole nitrogens is 1. The number of anilines is 1. The summed E-state index contributed by atoms with van der Waals surface area (Å²) in [5, 5.41) is 7.92. The highest BCUT2D eigenvalue weighted by Gasteiger charge is 2.18. The molecule has 0 saturated heterocycles. The molecule has 9 nitrogen and oxygen atoms in total. The van der Waals surface area contributed by atoms with E-state index in [-0.39, 0.29) is 29.0 Å². The van der Waals surface area contributed by atoms with E-state index in [4.69, 9.17) is 32.4 Å². The zero-order chi connectivity index (χ0) is 23.5. The Morgan fingerprint density at radius 2 is 2.09 bits per heavy atom. The summed E-state index contributed by atoms with van der Waals surface area (Å²) in [5.41, 5.74) is 1.32. The van der Waals surface area contributed by atoms with Gasteiger partial charge in [-0.25, -0.2) is 4.98 Å². The molecule has 0 atom stereocenters. The number of carbonyl (C=O) groups is 1. The Kier molecular flexibility index (Phi) is 6.52. The number of hydrogen-bond acceptors (Lipinski definition) is 6. The van der Waals surface area contributed by atoms with Crippen molar-refractivity contribution < 1.29 is 13.9 Å². The second kappa shape index (κ2) is 9.51. The van der Waals surface area contributed by atoms with Crippen LogP contribution in [0.3, 0.4) is 0 Å². The number of aromatic amines is 1. The number of rotatable bonds is 7. The summed E-state index contributed by atoms with van der Waals surface area (Å²) in [5.74, 6) is 0.751. The molecule has 4 aromatic rings. The predicted molar refractivity (Wildman–Crippen MR) is 124 cm³/mol. The van der Waals surface area contributed by atoms with Crippen LogP contribution in [0.1, 0.15) is 18.2 Å². The van der Waals surface area contributed by atoms with Crippen LogP contribution in [-0.2, 0) is 11.2 Å². The molecule has 3 aromatic heterocycles. The van der Waals surface area contributed by atoms with E-state index < -0.39 is 5.91 Å². The second-order valence-electron chi connectivity index (χ2n) is 7.02. The van der Waals surface area contributed by atoms with Gasteiger partial charge in [-0.2, -0.15) is 9.78 Å². The maximum Gasteiger partial charge on any atom is 0.263 e. The van der Waals surface area contributed by atoms with Crippen LogP contribution >= 0.6 is 23.2 Å². The van der Waals surface area contributed by atoms with Crippen molar-refractivity contribution in [3.8, 4) is 23.2 Å². The highest BCUT2D eigenvalue weighted by Crippen LogP contribution is 2.28. The molecular weight excluding hydrogens is 469 g/mol. The van der Waals surface area contributed by atoms with Crippen LogP contribution in [0, 0.1) is 6.92 Å². The van der Waals surface area contributed by atoms with Crippen molar-refractivity contribution in [3.63, 3.8) is 0 Å². The lowest BCUT2D eigenvalue weighted by atomic mass is 10.2. The van der Waals surface area contributed by atoms with Crippen LogP contribution in [0.15, 0.2) is 51.9 Å². The molecule has 0 radical (unpaired) electrons. The smallest absolute Gasteiger partial charge is 0.263 e. The van der Waals surface area contributed by atoms with Crippen LogP contribution in [0.25, 0.3) is 17.4 Å². The molecule has 0 bridgehead atoms. The number of nitrogens with zero attached hydrogens (tertiary/aromatic N) is 3. The fourth-order valence-corrected chi connectivity index (χ4v) is 3.67. The average molecular weight is 488 g/mol. The maximum absolute atomic E-state index is 12.6. The van der Waals surface area contributed by atoms with Crippen molar-refractivity contribution in [2.24, 2.45) is 0 Å². The van der Waals surface area contributed by atoms with Crippen molar-refractivity contribution >= 4 is 34.9 Å². The molecule has 11 heteroatoms. The van der Waals surface area contributed by atoms with E-state index in [9.17, 15) is 9.59 Å². The molecule has 3 heterocycles. The van der Waals surface area contributed by atoms with Crippen molar-refractivity contribution in [2.45, 2.75) is 20.3 Å². The maximum atomic E-state index is 12.6. The Morgan fingerprint density at radius 3 is 2.76 bits per heavy atom. The van der Waals surface area contributed by atoms with Gasteiger partial charge in [-0.3, -0.25) is 14.6 Å². The van der Waals surface area contributed by atoms with E-state index in [0.29, 0.717) is 39.9 Å². The summed E-state index contributed by atoms with van der Waals surface area (Å²) >= 11 is 12.0. The number of ether oxygens (including phenoxy) is 1. The number of carbonyl (C=O) groups excluding carboxylic acids is 1. The third kappa shape index (κ3) is 4.94. The van der Waals surface area contributed by atoms with Crippen molar-refractivity contribution in [1.82, 2.24) is 19.7 Å². The largest absolute Gasteiger partial charge is 0.482 e. The van der Waals surface area contributed by atoms with Gasteiger partial charge in [0.1, 0.15) is 17.3 Å². The molecule has 0 spiro atoms. The number of aromatic nitrogens is 4. The summed E-state index contributed by atoms with van der Waals surface area (Å²) in [7, 11) is 0. The minimum Gasteiger partial charge on any atom is -0.482 e. The van der Waals surface area contributed by atoms with Crippen LogP contribution in [0.4, 0.5) is 5.82 Å². The van der Waals surface area contributed by atoms with Crippen LogP contribution in [0.5, 0.6) is 5.75 Å². The van der Waals surface area contributed by atoms with Crippen molar-refractivity contribution in [3.05, 3.63) is 74.3 Å². The van der Waals surface area contributed by atoms with Gasteiger partial charge in [0, 0.05) is 22.3 Å². The first-order valence-corrected chi connectivity index (χ1v) is 10.7. The third-order valence-electron chi connectivity index (χ3n) is 4.77. The van der Waals surface area contributed by atoms with E-state index in [1.54, 1.807) is 37.3 Å². The van der Waals surface area contributed by atoms with Crippen LogP contribution in [-0.4, -0.2) is 32.3 Å². The third-order valence-corrected chi connectivity index (χ3v) is 5.30. The zero-order valence-corrected chi connectivity index (χ0v) is 19.2. The first kappa shape index (κ1) is 22.6. The van der Waals surface area contributed by atoms with Crippen molar-refractivity contribution in [2.75, 3.05) is 11.9 Å². The fourth-order valence-electron chi connectivity index (χ4n) is 3.20. The Morgan fingerprint density at radius 1 is 1.27 bits per heavy atom. The molecule has 1 amide bonds. The lowest BCUT2D eigenvalue weighted by Crippen LogP contribution is -2.24. The number of halogens is 2. The summed E-state index contributed by atoms with van der Waals surface area (Å²) in [6, 6.07) is 9.75. The monoisotopic (exact) mass is 487 g/mol. The molecule has 170 valence electrons. The van der Waals surface area contributed by atoms with E-state index in [1.807, 2.05) is 6.92 Å². The van der Waals surface area contributed by atoms with Gasteiger partial charge in [0.25, 0.3) is 11.5 Å². The normalized spacial score (nSPS) is 10.9. The second-order valence-corrected chi connectivity index (χ2v) is 7.87. The molecule has 0 saturated carbocycles. The topological polar surface area (TPSA) is 115 Å². The number of amides is 1. The molecule has 2 N–H and O–H groups in total. The summed E-state index contributed by atoms with van der Waals surface area (Å²) in [4.78, 5) is 32.3. The Hall–Kier alpha value is -3.56. The molecule has 0 aliphatic carbocycles. The molecule has 33 heavy (non-hydrogen) atoms. The number of benzene rings is 1. The number of furan rings is 1. The minimum atomic E-state index is -0.475. The Bertz CT molecular complexity index is 1360. The van der Waals surface area contributed by atoms with Gasteiger partial charge in [-0.15, -0.1) is 0 Å². The van der Waals surface area contributed by atoms with Gasteiger partial charge in [0.15, 0.2) is 12.4 Å². The first-order valence-electron chi connectivity index (χ1n) is 9.97. The first-order chi connectivity index (χ1) is 15.9. The fraction of sp³-hybridized carbons (Fsp3) is 0.182. The molecule has 0 aliphatic rings. The Balaban J connectivity index is 1.63. The summed E-state index contributed by atoms with van der Waals surface area (Å²) in [6.07, 6.45) is 2.05. The predicted octanol–water partition coefficient (Wildman–Crippen LogP) is 4.41. The standard InChI is InChI=1S/C22H19Cl2N5O4/c1-3-14-12(2)25-22(27-21(14)31)29-19(10-16(28-29)18-5-4-8-32-18)26-20(30)11-33-17-7-6-13(23)9-15(17)24/h4-10H,3,11H2,1-2H3,(H,26,30)(H,25,27,31). The highest BCUT2D eigenvalue weighted by atomic mass is 35.5.